The molecule has 1 aromatic carbocycles. The predicted octanol–water partition coefficient (Wildman–Crippen LogP) is -0.0855. The van der Waals surface area contributed by atoms with Crippen LogP contribution in [0, 0.1) is 0 Å². The molecule has 4 heteroatoms. The molecule has 84 valence electrons. The van der Waals surface area contributed by atoms with Crippen LogP contribution in [0.25, 0.3) is 0 Å². The van der Waals surface area contributed by atoms with E-state index in [1.807, 2.05) is 0 Å². The number of hydrogen-bond acceptors (Lipinski definition) is 4. The highest BCUT2D eigenvalue weighted by Gasteiger charge is 2.05. The number of aliphatic hydroxyl groups excluding tert-OH is 3. The van der Waals surface area contributed by atoms with Crippen LogP contribution in [0.5, 0.6) is 0 Å². The number of benzene rings is 1. The van der Waals surface area contributed by atoms with Gasteiger partial charge >= 0.3 is 0 Å². The molecular formula is C11H16O4. The average Bonchev–Trinajstić information content (AvgIpc) is 2.25. The molecule has 4 N–H and O–H groups in total. The monoisotopic (exact) mass is 212 g/mol. The van der Waals surface area contributed by atoms with Crippen LogP contribution in [-0.4, -0.2) is 26.7 Å². The summed E-state index contributed by atoms with van der Waals surface area (Å²) in [4.78, 5) is 0. The smallest absolute Gasteiger partial charge is 0.151 e. The van der Waals surface area contributed by atoms with Crippen molar-refractivity contribution in [2.45, 2.75) is 32.3 Å². The Morgan fingerprint density at radius 2 is 1.73 bits per heavy atom. The Labute approximate surface area is 88.4 Å². The van der Waals surface area contributed by atoms with E-state index in [2.05, 4.69) is 0 Å². The third-order valence-corrected chi connectivity index (χ3v) is 2.30. The summed E-state index contributed by atoms with van der Waals surface area (Å²) in [6.45, 7) is -0.136. The molecule has 0 radical (unpaired) electrons. The highest BCUT2D eigenvalue weighted by molar-refractivity contribution is 5.31. The van der Waals surface area contributed by atoms with E-state index in [1.54, 1.807) is 18.2 Å². The Hall–Kier alpha value is -0.940. The molecule has 4 nitrogen and oxygen atoms in total. The number of aliphatic hydroxyl groups is 4. The topological polar surface area (TPSA) is 80.9 Å². The molecule has 0 unspecified atom stereocenters. The van der Waals surface area contributed by atoms with Crippen molar-refractivity contribution in [1.29, 1.82) is 0 Å². The normalized spacial score (nSPS) is 11.0. The van der Waals surface area contributed by atoms with Crippen LogP contribution in [0.3, 0.4) is 0 Å². The van der Waals surface area contributed by atoms with Gasteiger partial charge in [-0.1, -0.05) is 18.2 Å². The maximum atomic E-state index is 9.06. The summed E-state index contributed by atoms with van der Waals surface area (Å²) in [5.41, 5.74) is 2.36. The molecular weight excluding hydrogens is 196 g/mol. The zero-order valence-corrected chi connectivity index (χ0v) is 8.43. The van der Waals surface area contributed by atoms with E-state index >= 15 is 0 Å². The fourth-order valence-corrected chi connectivity index (χ4v) is 1.45. The van der Waals surface area contributed by atoms with Gasteiger partial charge in [0.05, 0.1) is 13.2 Å². The predicted molar refractivity (Wildman–Crippen MR) is 54.8 cm³/mol. The quantitative estimate of drug-likeness (QED) is 0.514. The molecule has 0 fully saturated rings. The molecule has 0 heterocycles. The minimum atomic E-state index is -1.34. The van der Waals surface area contributed by atoms with E-state index in [1.165, 1.54) is 0 Å². The maximum absolute atomic E-state index is 9.06. The van der Waals surface area contributed by atoms with E-state index in [-0.39, 0.29) is 19.6 Å². The van der Waals surface area contributed by atoms with Crippen molar-refractivity contribution in [2.75, 3.05) is 0 Å². The van der Waals surface area contributed by atoms with Gasteiger partial charge in [0.15, 0.2) is 6.29 Å². The van der Waals surface area contributed by atoms with Gasteiger partial charge in [0.1, 0.15) is 0 Å². The largest absolute Gasteiger partial charge is 0.392 e. The van der Waals surface area contributed by atoms with Crippen molar-refractivity contribution in [3.63, 3.8) is 0 Å². The lowest BCUT2D eigenvalue weighted by molar-refractivity contribution is -0.0447. The molecule has 0 aliphatic carbocycles. The van der Waals surface area contributed by atoms with Gasteiger partial charge in [0.25, 0.3) is 0 Å². The Morgan fingerprint density at radius 3 is 2.27 bits per heavy atom. The van der Waals surface area contributed by atoms with E-state index in [9.17, 15) is 0 Å². The van der Waals surface area contributed by atoms with Gasteiger partial charge in [-0.25, -0.2) is 0 Å². The minimum absolute atomic E-state index is 0.0552. The van der Waals surface area contributed by atoms with Crippen LogP contribution < -0.4 is 0 Å². The van der Waals surface area contributed by atoms with Crippen LogP contribution in [0.2, 0.25) is 0 Å². The molecule has 0 saturated carbocycles. The SMILES string of the molecule is OCc1ccc(CO)c(CCC(O)O)c1. The summed E-state index contributed by atoms with van der Waals surface area (Å²) in [6, 6.07) is 5.25. The second-order valence-corrected chi connectivity index (χ2v) is 3.44. The molecule has 0 amide bonds. The van der Waals surface area contributed by atoms with Gasteiger partial charge < -0.3 is 20.4 Å². The Kier molecular flexibility index (Phi) is 4.71. The van der Waals surface area contributed by atoms with E-state index < -0.39 is 6.29 Å². The third-order valence-electron chi connectivity index (χ3n) is 2.30. The van der Waals surface area contributed by atoms with Gasteiger partial charge in [0.2, 0.25) is 0 Å². The molecule has 0 bridgehead atoms. The maximum Gasteiger partial charge on any atom is 0.151 e. The molecule has 0 aliphatic rings. The van der Waals surface area contributed by atoms with Crippen LogP contribution in [0.1, 0.15) is 23.1 Å². The average molecular weight is 212 g/mol. The van der Waals surface area contributed by atoms with Crippen molar-refractivity contribution in [3.05, 3.63) is 34.9 Å². The molecule has 1 aromatic rings. The van der Waals surface area contributed by atoms with Crippen LogP contribution >= 0.6 is 0 Å². The van der Waals surface area contributed by atoms with Gasteiger partial charge in [-0.2, -0.15) is 0 Å². The van der Waals surface area contributed by atoms with Crippen molar-refractivity contribution in [3.8, 4) is 0 Å². The Bertz CT molecular complexity index is 309. The lowest BCUT2D eigenvalue weighted by Gasteiger charge is -2.10. The summed E-state index contributed by atoms with van der Waals surface area (Å²) in [7, 11) is 0. The van der Waals surface area contributed by atoms with E-state index in [0.717, 1.165) is 16.7 Å². The number of aryl methyl sites for hydroxylation is 1. The highest BCUT2D eigenvalue weighted by Crippen LogP contribution is 2.15. The van der Waals surface area contributed by atoms with Crippen LogP contribution in [0.4, 0.5) is 0 Å². The summed E-state index contributed by atoms with van der Waals surface area (Å²) < 4.78 is 0. The van der Waals surface area contributed by atoms with Gasteiger partial charge in [-0.3, -0.25) is 0 Å². The zero-order valence-electron chi connectivity index (χ0n) is 8.43. The summed E-state index contributed by atoms with van der Waals surface area (Å²) in [5.74, 6) is 0. The van der Waals surface area contributed by atoms with Crippen molar-refractivity contribution >= 4 is 0 Å². The Morgan fingerprint density at radius 1 is 1.00 bits per heavy atom. The first kappa shape index (κ1) is 12.1. The van der Waals surface area contributed by atoms with E-state index in [4.69, 9.17) is 20.4 Å². The van der Waals surface area contributed by atoms with E-state index in [0.29, 0.717) is 6.42 Å². The fourth-order valence-electron chi connectivity index (χ4n) is 1.45. The van der Waals surface area contributed by atoms with Crippen LogP contribution in [-0.2, 0) is 19.6 Å². The molecule has 0 spiro atoms. The first-order chi connectivity index (χ1) is 7.17. The van der Waals surface area contributed by atoms with Gasteiger partial charge in [0, 0.05) is 6.42 Å². The van der Waals surface area contributed by atoms with Crippen molar-refractivity contribution in [2.24, 2.45) is 0 Å². The fraction of sp³-hybridized carbons (Fsp3) is 0.455. The first-order valence-electron chi connectivity index (χ1n) is 4.86. The summed E-state index contributed by atoms with van der Waals surface area (Å²) in [5, 5.41) is 35.5. The van der Waals surface area contributed by atoms with Gasteiger partial charge in [-0.15, -0.1) is 0 Å². The molecule has 0 aromatic heterocycles. The number of hydrogen-bond donors (Lipinski definition) is 4. The second kappa shape index (κ2) is 5.82. The van der Waals surface area contributed by atoms with Crippen LogP contribution in [0.15, 0.2) is 18.2 Å². The molecule has 0 saturated heterocycles. The molecule has 1 rings (SSSR count). The van der Waals surface area contributed by atoms with Crippen molar-refractivity contribution < 1.29 is 20.4 Å². The Balaban J connectivity index is 2.81. The third kappa shape index (κ3) is 3.60. The minimum Gasteiger partial charge on any atom is -0.392 e. The molecule has 0 atom stereocenters. The standard InChI is InChI=1S/C11H16O4/c12-6-8-1-2-10(7-13)9(5-8)3-4-11(14)15/h1-2,5,11-15H,3-4,6-7H2. The molecule has 0 aliphatic heterocycles. The lowest BCUT2D eigenvalue weighted by atomic mass is 10.0. The zero-order chi connectivity index (χ0) is 11.3. The summed E-state index contributed by atoms with van der Waals surface area (Å²) >= 11 is 0. The first-order valence-corrected chi connectivity index (χ1v) is 4.86. The van der Waals surface area contributed by atoms with Crippen molar-refractivity contribution in [1.82, 2.24) is 0 Å². The lowest BCUT2D eigenvalue weighted by Crippen LogP contribution is -2.07. The second-order valence-electron chi connectivity index (χ2n) is 3.44. The number of rotatable bonds is 5. The highest BCUT2D eigenvalue weighted by atomic mass is 16.5. The molecule has 15 heavy (non-hydrogen) atoms. The van der Waals surface area contributed by atoms with Gasteiger partial charge in [-0.05, 0) is 23.1 Å². The summed E-state index contributed by atoms with van der Waals surface area (Å²) in [6.07, 6.45) is -0.641.